The second kappa shape index (κ2) is 6.26. The number of fused-ring (bicyclic) bond motifs is 1. The van der Waals surface area contributed by atoms with Crippen LogP contribution >= 0.6 is 11.3 Å². The molecule has 23 heavy (non-hydrogen) atoms. The number of hydrogen-bond donors (Lipinski definition) is 0. The Balaban J connectivity index is 1.67. The minimum absolute atomic E-state index is 0.0957. The highest BCUT2D eigenvalue weighted by atomic mass is 32.1. The molecule has 1 unspecified atom stereocenters. The van der Waals surface area contributed by atoms with Crippen LogP contribution in [0.5, 0.6) is 0 Å². The van der Waals surface area contributed by atoms with E-state index in [1.165, 1.54) is 11.1 Å². The van der Waals surface area contributed by atoms with Crippen LogP contribution in [0.1, 0.15) is 10.4 Å². The van der Waals surface area contributed by atoms with Crippen molar-refractivity contribution in [2.24, 2.45) is 21.1 Å². The van der Waals surface area contributed by atoms with Gasteiger partial charge in [-0.3, -0.25) is 4.99 Å². The maximum Gasteiger partial charge on any atom is 0.158 e. The van der Waals surface area contributed by atoms with Gasteiger partial charge < -0.3 is 0 Å². The zero-order chi connectivity index (χ0) is 15.5. The number of benzene rings is 1. The summed E-state index contributed by atoms with van der Waals surface area (Å²) in [7, 11) is 0. The summed E-state index contributed by atoms with van der Waals surface area (Å²) in [5.41, 5.74) is 3.32. The van der Waals surface area contributed by atoms with Crippen molar-refractivity contribution in [3.05, 3.63) is 88.2 Å². The molecule has 1 aliphatic carbocycles. The van der Waals surface area contributed by atoms with Crippen molar-refractivity contribution in [1.82, 2.24) is 0 Å². The summed E-state index contributed by atoms with van der Waals surface area (Å²) in [5.74, 6) is 0.878. The van der Waals surface area contributed by atoms with E-state index in [2.05, 4.69) is 58.1 Å². The molecular formula is C19H15N3S. The lowest BCUT2D eigenvalue weighted by Gasteiger charge is -2.21. The molecule has 1 atom stereocenters. The standard InChI is InChI=1S/C19H15N3S/c1-2-7-14(8-3-1)13-20-19-16-10-5-4-9-15(16)18(21-22-19)17-11-6-12-23-17/h1-12,16H,13H2. The second-order valence-electron chi connectivity index (χ2n) is 5.36. The van der Waals surface area contributed by atoms with Gasteiger partial charge in [-0.2, -0.15) is 0 Å². The molecular weight excluding hydrogens is 302 g/mol. The van der Waals surface area contributed by atoms with E-state index >= 15 is 0 Å². The fraction of sp³-hybridized carbons (Fsp3) is 0.105. The molecule has 3 nitrogen and oxygen atoms in total. The smallest absolute Gasteiger partial charge is 0.158 e. The predicted octanol–water partition coefficient (Wildman–Crippen LogP) is 5.27. The first-order chi connectivity index (χ1) is 11.4. The highest BCUT2D eigenvalue weighted by Crippen LogP contribution is 2.36. The van der Waals surface area contributed by atoms with E-state index < -0.39 is 0 Å². The second-order valence-corrected chi connectivity index (χ2v) is 6.31. The van der Waals surface area contributed by atoms with Gasteiger partial charge in [-0.25, -0.2) is 0 Å². The number of allylic oxidation sites excluding steroid dienone is 3. The summed E-state index contributed by atoms with van der Waals surface area (Å²) in [6, 6.07) is 14.4. The Morgan fingerprint density at radius 2 is 1.91 bits per heavy atom. The highest BCUT2D eigenvalue weighted by molar-refractivity contribution is 7.11. The van der Waals surface area contributed by atoms with Crippen LogP contribution in [-0.4, -0.2) is 5.84 Å². The lowest BCUT2D eigenvalue weighted by molar-refractivity contribution is 0.935. The number of hydrogen-bond acceptors (Lipinski definition) is 3. The van der Waals surface area contributed by atoms with E-state index in [4.69, 9.17) is 4.99 Å². The molecule has 0 fully saturated rings. The van der Waals surface area contributed by atoms with Crippen molar-refractivity contribution in [1.29, 1.82) is 0 Å². The monoisotopic (exact) mass is 317 g/mol. The van der Waals surface area contributed by atoms with Gasteiger partial charge in [0.15, 0.2) is 5.84 Å². The lowest BCUT2D eigenvalue weighted by atomic mass is 9.90. The third kappa shape index (κ3) is 2.85. The number of amidine groups is 1. The van der Waals surface area contributed by atoms with Crippen LogP contribution in [0.25, 0.3) is 5.70 Å². The van der Waals surface area contributed by atoms with Crippen molar-refractivity contribution in [3.8, 4) is 0 Å². The third-order valence-corrected chi connectivity index (χ3v) is 4.73. The molecule has 0 radical (unpaired) electrons. The number of rotatable bonds is 3. The summed E-state index contributed by atoms with van der Waals surface area (Å²) in [4.78, 5) is 5.84. The normalized spacial score (nSPS) is 21.0. The van der Waals surface area contributed by atoms with Gasteiger partial charge in [-0.1, -0.05) is 60.7 Å². The van der Waals surface area contributed by atoms with Gasteiger partial charge in [0.1, 0.15) is 5.70 Å². The fourth-order valence-corrected chi connectivity index (χ4v) is 3.44. The molecule has 4 rings (SSSR count). The fourth-order valence-electron chi connectivity index (χ4n) is 2.70. The average Bonchev–Trinajstić information content (AvgIpc) is 3.15. The Hall–Kier alpha value is -2.59. The van der Waals surface area contributed by atoms with Crippen molar-refractivity contribution in [3.63, 3.8) is 0 Å². The van der Waals surface area contributed by atoms with Crippen molar-refractivity contribution in [2.45, 2.75) is 6.54 Å². The van der Waals surface area contributed by atoms with Gasteiger partial charge in [-0.05, 0) is 22.6 Å². The maximum absolute atomic E-state index is 4.69. The summed E-state index contributed by atoms with van der Waals surface area (Å²) in [6.07, 6.45) is 8.37. The average molecular weight is 317 g/mol. The minimum Gasteiger partial charge on any atom is -0.263 e. The van der Waals surface area contributed by atoms with Crippen LogP contribution in [-0.2, 0) is 6.54 Å². The summed E-state index contributed by atoms with van der Waals surface area (Å²) in [6.45, 7) is 0.630. The van der Waals surface area contributed by atoms with Crippen LogP contribution in [0.4, 0.5) is 0 Å². The Morgan fingerprint density at radius 3 is 2.74 bits per heavy atom. The first-order valence-electron chi connectivity index (χ1n) is 7.55. The van der Waals surface area contributed by atoms with Crippen LogP contribution in [0, 0.1) is 5.92 Å². The Kier molecular flexibility index (Phi) is 3.82. The highest BCUT2D eigenvalue weighted by Gasteiger charge is 2.26. The summed E-state index contributed by atoms with van der Waals surface area (Å²) in [5, 5.41) is 10.9. The quantitative estimate of drug-likeness (QED) is 0.740. The van der Waals surface area contributed by atoms with Gasteiger partial charge in [0.2, 0.25) is 0 Å². The first kappa shape index (κ1) is 14.0. The van der Waals surface area contributed by atoms with Gasteiger partial charge in [0, 0.05) is 0 Å². The topological polar surface area (TPSA) is 37.1 Å². The van der Waals surface area contributed by atoms with E-state index in [1.54, 1.807) is 11.3 Å². The Labute approximate surface area is 139 Å². The molecule has 0 spiro atoms. The van der Waals surface area contributed by atoms with Crippen LogP contribution in [0.3, 0.4) is 0 Å². The molecule has 0 N–H and O–H groups in total. The van der Waals surface area contributed by atoms with E-state index in [0.717, 1.165) is 16.4 Å². The first-order valence-corrected chi connectivity index (χ1v) is 8.43. The molecule has 0 amide bonds. The van der Waals surface area contributed by atoms with E-state index in [9.17, 15) is 0 Å². The molecule has 0 bridgehead atoms. The van der Waals surface area contributed by atoms with Crippen molar-refractivity contribution >= 4 is 22.9 Å². The molecule has 2 aliphatic rings. The van der Waals surface area contributed by atoms with Crippen LogP contribution in [0.2, 0.25) is 0 Å². The molecule has 1 aliphatic heterocycles. The zero-order valence-electron chi connectivity index (χ0n) is 12.5. The number of azo groups is 1. The molecule has 2 heterocycles. The lowest BCUT2D eigenvalue weighted by Crippen LogP contribution is -2.17. The summed E-state index contributed by atoms with van der Waals surface area (Å²) >= 11 is 1.69. The number of nitrogens with zero attached hydrogens (tertiary/aromatic N) is 3. The predicted molar refractivity (Wildman–Crippen MR) is 95.4 cm³/mol. The third-order valence-electron chi connectivity index (χ3n) is 3.85. The van der Waals surface area contributed by atoms with E-state index in [1.807, 2.05) is 24.3 Å². The molecule has 1 aromatic heterocycles. The maximum atomic E-state index is 4.69. The van der Waals surface area contributed by atoms with Crippen molar-refractivity contribution in [2.75, 3.05) is 0 Å². The van der Waals surface area contributed by atoms with E-state index in [0.29, 0.717) is 6.54 Å². The molecule has 1 aromatic carbocycles. The number of aliphatic imine (C=N–C) groups is 1. The van der Waals surface area contributed by atoms with E-state index in [-0.39, 0.29) is 5.92 Å². The van der Waals surface area contributed by atoms with Gasteiger partial charge >= 0.3 is 0 Å². The van der Waals surface area contributed by atoms with Crippen LogP contribution in [0.15, 0.2) is 92.9 Å². The largest absolute Gasteiger partial charge is 0.263 e. The molecule has 0 saturated carbocycles. The van der Waals surface area contributed by atoms with Crippen LogP contribution < -0.4 is 0 Å². The Morgan fingerprint density at radius 1 is 1.00 bits per heavy atom. The van der Waals surface area contributed by atoms with Crippen molar-refractivity contribution < 1.29 is 0 Å². The minimum atomic E-state index is 0.0957. The molecule has 4 heteroatoms. The van der Waals surface area contributed by atoms with Gasteiger partial charge in [-0.15, -0.1) is 21.6 Å². The summed E-state index contributed by atoms with van der Waals surface area (Å²) < 4.78 is 0. The number of thiophene rings is 1. The molecule has 112 valence electrons. The SMILES string of the molecule is C1=CC2=C(c3cccs3)N=NC(=NCc3ccccc3)C2C=C1. The Bertz CT molecular complexity index is 840. The molecule has 2 aromatic rings. The van der Waals surface area contributed by atoms with Gasteiger partial charge in [0.25, 0.3) is 0 Å². The molecule has 0 saturated heterocycles. The van der Waals surface area contributed by atoms with Gasteiger partial charge in [0.05, 0.1) is 17.3 Å². The zero-order valence-corrected chi connectivity index (χ0v) is 13.3.